The summed E-state index contributed by atoms with van der Waals surface area (Å²) in [6.45, 7) is 0. The smallest absolute Gasteiger partial charge is 0.252 e. The minimum absolute atomic E-state index is 0.0668. The summed E-state index contributed by atoms with van der Waals surface area (Å²) in [6, 6.07) is 8.15. The highest BCUT2D eigenvalue weighted by Gasteiger charge is 2.17. The van der Waals surface area contributed by atoms with E-state index in [0.717, 1.165) is 29.3 Å². The predicted molar refractivity (Wildman–Crippen MR) is 77.3 cm³/mol. The van der Waals surface area contributed by atoms with E-state index in [1.807, 2.05) is 30.5 Å². The van der Waals surface area contributed by atoms with Crippen LogP contribution in [0.4, 0.5) is 0 Å². The predicted octanol–water partition coefficient (Wildman–Crippen LogP) is 3.62. The van der Waals surface area contributed by atoms with Gasteiger partial charge in [0.05, 0.1) is 0 Å². The first kappa shape index (κ1) is 12.3. The summed E-state index contributed by atoms with van der Waals surface area (Å²) in [7, 11) is 0. The molecule has 0 atom stereocenters. The van der Waals surface area contributed by atoms with Crippen LogP contribution in [0.25, 0.3) is 10.9 Å². The van der Waals surface area contributed by atoms with Gasteiger partial charge in [0.1, 0.15) is 0 Å². The van der Waals surface area contributed by atoms with Crippen molar-refractivity contribution in [3.63, 3.8) is 0 Å². The third-order valence-electron chi connectivity index (χ3n) is 4.03. The first-order valence-electron chi connectivity index (χ1n) is 7.21. The Labute approximate surface area is 113 Å². The van der Waals surface area contributed by atoms with Crippen LogP contribution in [0.1, 0.15) is 48.9 Å². The fraction of sp³-hybridized carbons (Fsp3) is 0.438. The SMILES string of the molecule is O=C(NC1CCCCCC1)c1cccc2[nH]ccc12. The zero-order chi connectivity index (χ0) is 13.1. The van der Waals surface area contributed by atoms with Crippen LogP contribution in [-0.4, -0.2) is 16.9 Å². The number of carbonyl (C=O) groups excluding carboxylic acids is 1. The van der Waals surface area contributed by atoms with Gasteiger partial charge in [-0.05, 0) is 31.0 Å². The summed E-state index contributed by atoms with van der Waals surface area (Å²) in [5, 5.41) is 4.21. The van der Waals surface area contributed by atoms with Crippen LogP contribution < -0.4 is 5.32 Å². The van der Waals surface area contributed by atoms with Gasteiger partial charge < -0.3 is 10.3 Å². The summed E-state index contributed by atoms with van der Waals surface area (Å²) in [4.78, 5) is 15.6. The van der Waals surface area contributed by atoms with Crippen molar-refractivity contribution in [2.75, 3.05) is 0 Å². The molecule has 1 aliphatic rings. The minimum atomic E-state index is 0.0668. The minimum Gasteiger partial charge on any atom is -0.361 e. The number of H-pyrrole nitrogens is 1. The largest absolute Gasteiger partial charge is 0.361 e. The van der Waals surface area contributed by atoms with Crippen molar-refractivity contribution in [3.8, 4) is 0 Å². The van der Waals surface area contributed by atoms with Gasteiger partial charge in [0.2, 0.25) is 0 Å². The third-order valence-corrected chi connectivity index (χ3v) is 4.03. The van der Waals surface area contributed by atoms with Gasteiger partial charge in [0.15, 0.2) is 0 Å². The first-order valence-corrected chi connectivity index (χ1v) is 7.21. The molecule has 3 heteroatoms. The molecule has 1 aromatic carbocycles. The van der Waals surface area contributed by atoms with E-state index in [2.05, 4.69) is 10.3 Å². The molecule has 2 N–H and O–H groups in total. The van der Waals surface area contributed by atoms with Gasteiger partial charge in [-0.2, -0.15) is 0 Å². The topological polar surface area (TPSA) is 44.9 Å². The van der Waals surface area contributed by atoms with Crippen molar-refractivity contribution in [2.24, 2.45) is 0 Å². The maximum absolute atomic E-state index is 12.4. The average molecular weight is 256 g/mol. The van der Waals surface area contributed by atoms with Crippen molar-refractivity contribution in [1.82, 2.24) is 10.3 Å². The Morgan fingerprint density at radius 2 is 1.89 bits per heavy atom. The van der Waals surface area contributed by atoms with E-state index in [1.165, 1.54) is 25.7 Å². The van der Waals surface area contributed by atoms with Gasteiger partial charge in [0.25, 0.3) is 5.91 Å². The Morgan fingerprint density at radius 1 is 1.11 bits per heavy atom. The molecular weight excluding hydrogens is 236 g/mol. The number of aromatic nitrogens is 1. The second-order valence-electron chi connectivity index (χ2n) is 5.41. The summed E-state index contributed by atoms with van der Waals surface area (Å²) in [6.07, 6.45) is 9.20. The van der Waals surface area contributed by atoms with E-state index >= 15 is 0 Å². The molecule has 1 heterocycles. The Balaban J connectivity index is 1.77. The molecule has 100 valence electrons. The van der Waals surface area contributed by atoms with Crippen LogP contribution in [-0.2, 0) is 0 Å². The van der Waals surface area contributed by atoms with Gasteiger partial charge in [-0.1, -0.05) is 31.7 Å². The van der Waals surface area contributed by atoms with Gasteiger partial charge >= 0.3 is 0 Å². The van der Waals surface area contributed by atoms with Crippen LogP contribution >= 0.6 is 0 Å². The molecule has 3 rings (SSSR count). The van der Waals surface area contributed by atoms with E-state index in [4.69, 9.17) is 0 Å². The molecule has 0 bridgehead atoms. The highest BCUT2D eigenvalue weighted by Crippen LogP contribution is 2.20. The maximum Gasteiger partial charge on any atom is 0.252 e. The fourth-order valence-corrected chi connectivity index (χ4v) is 2.97. The van der Waals surface area contributed by atoms with E-state index in [0.29, 0.717) is 6.04 Å². The second-order valence-corrected chi connectivity index (χ2v) is 5.41. The molecular formula is C16H20N2O. The molecule has 0 radical (unpaired) electrons. The van der Waals surface area contributed by atoms with Crippen LogP contribution in [0, 0.1) is 0 Å². The molecule has 3 nitrogen and oxygen atoms in total. The van der Waals surface area contributed by atoms with Gasteiger partial charge in [-0.15, -0.1) is 0 Å². The normalized spacial score (nSPS) is 17.3. The molecule has 0 spiro atoms. The van der Waals surface area contributed by atoms with Crippen LogP contribution in [0.3, 0.4) is 0 Å². The molecule has 0 unspecified atom stereocenters. The van der Waals surface area contributed by atoms with E-state index in [1.54, 1.807) is 0 Å². The number of aromatic amines is 1. The molecule has 1 aliphatic carbocycles. The van der Waals surface area contributed by atoms with E-state index in [-0.39, 0.29) is 5.91 Å². The van der Waals surface area contributed by atoms with Crippen molar-refractivity contribution in [2.45, 2.75) is 44.6 Å². The average Bonchev–Trinajstić information content (AvgIpc) is 2.76. The molecule has 1 amide bonds. The lowest BCUT2D eigenvalue weighted by Crippen LogP contribution is -2.34. The molecule has 2 aromatic rings. The number of hydrogen-bond acceptors (Lipinski definition) is 1. The van der Waals surface area contributed by atoms with Crippen molar-refractivity contribution >= 4 is 16.8 Å². The standard InChI is InChI=1S/C16H20N2O/c19-16(18-12-6-3-1-2-4-7-12)14-8-5-9-15-13(14)10-11-17-15/h5,8-12,17H,1-4,6-7H2,(H,18,19). The number of nitrogens with one attached hydrogen (secondary N) is 2. The lowest BCUT2D eigenvalue weighted by molar-refractivity contribution is 0.0935. The Hall–Kier alpha value is -1.77. The zero-order valence-corrected chi connectivity index (χ0v) is 11.1. The lowest BCUT2D eigenvalue weighted by atomic mass is 10.1. The van der Waals surface area contributed by atoms with Crippen molar-refractivity contribution < 1.29 is 4.79 Å². The molecule has 1 fully saturated rings. The van der Waals surface area contributed by atoms with E-state index in [9.17, 15) is 4.79 Å². The van der Waals surface area contributed by atoms with Gasteiger partial charge in [-0.25, -0.2) is 0 Å². The van der Waals surface area contributed by atoms with Crippen LogP contribution in [0.15, 0.2) is 30.5 Å². The monoisotopic (exact) mass is 256 g/mol. The molecule has 1 aromatic heterocycles. The Kier molecular flexibility index (Phi) is 3.53. The summed E-state index contributed by atoms with van der Waals surface area (Å²) < 4.78 is 0. The first-order chi connectivity index (χ1) is 9.34. The van der Waals surface area contributed by atoms with Crippen LogP contribution in [0.5, 0.6) is 0 Å². The van der Waals surface area contributed by atoms with E-state index < -0.39 is 0 Å². The third kappa shape index (κ3) is 2.65. The number of carbonyl (C=O) groups is 1. The number of rotatable bonds is 2. The molecule has 1 saturated carbocycles. The van der Waals surface area contributed by atoms with Gasteiger partial charge in [0, 0.05) is 28.7 Å². The second kappa shape index (κ2) is 5.47. The molecule has 0 saturated heterocycles. The fourth-order valence-electron chi connectivity index (χ4n) is 2.97. The maximum atomic E-state index is 12.4. The molecule has 19 heavy (non-hydrogen) atoms. The lowest BCUT2D eigenvalue weighted by Gasteiger charge is -2.16. The zero-order valence-electron chi connectivity index (χ0n) is 11.1. The van der Waals surface area contributed by atoms with Crippen molar-refractivity contribution in [3.05, 3.63) is 36.0 Å². The summed E-state index contributed by atoms with van der Waals surface area (Å²) in [5.41, 5.74) is 1.80. The number of hydrogen-bond donors (Lipinski definition) is 2. The highest BCUT2D eigenvalue weighted by molar-refractivity contribution is 6.06. The Bertz CT molecular complexity index is 565. The number of amides is 1. The quantitative estimate of drug-likeness (QED) is 0.792. The van der Waals surface area contributed by atoms with Crippen molar-refractivity contribution in [1.29, 1.82) is 0 Å². The number of fused-ring (bicyclic) bond motifs is 1. The Morgan fingerprint density at radius 3 is 2.68 bits per heavy atom. The van der Waals surface area contributed by atoms with Crippen LogP contribution in [0.2, 0.25) is 0 Å². The highest BCUT2D eigenvalue weighted by atomic mass is 16.1. The summed E-state index contributed by atoms with van der Waals surface area (Å²) in [5.74, 6) is 0.0668. The summed E-state index contributed by atoms with van der Waals surface area (Å²) >= 11 is 0. The number of benzene rings is 1. The molecule has 0 aliphatic heterocycles. The van der Waals surface area contributed by atoms with Gasteiger partial charge in [-0.3, -0.25) is 4.79 Å².